The van der Waals surface area contributed by atoms with Crippen molar-refractivity contribution < 1.29 is 0 Å². The van der Waals surface area contributed by atoms with Gasteiger partial charge in [-0.15, -0.1) is 0 Å². The lowest BCUT2D eigenvalue weighted by Crippen LogP contribution is -1.91. The lowest BCUT2D eigenvalue weighted by Gasteiger charge is -2.06. The number of allylic oxidation sites excluding steroid dienone is 5. The van der Waals surface area contributed by atoms with Gasteiger partial charge >= 0.3 is 0 Å². The molecule has 0 aliphatic rings. The van der Waals surface area contributed by atoms with Gasteiger partial charge in [-0.1, -0.05) is 56.0 Å². The Hall–Kier alpha value is -1.56. The van der Waals surface area contributed by atoms with E-state index in [1.54, 1.807) is 0 Å². The summed E-state index contributed by atoms with van der Waals surface area (Å²) in [6.07, 6.45) is 9.51. The maximum atomic E-state index is 3.85. The molecule has 0 spiro atoms. The van der Waals surface area contributed by atoms with Gasteiger partial charge in [-0.25, -0.2) is 0 Å². The van der Waals surface area contributed by atoms with Gasteiger partial charge in [0.25, 0.3) is 0 Å². The predicted octanol–water partition coefficient (Wildman–Crippen LogP) is 5.26. The Morgan fingerprint density at radius 3 is 2.28 bits per heavy atom. The molecule has 0 bridgehead atoms. The van der Waals surface area contributed by atoms with Gasteiger partial charge in [0.05, 0.1) is 0 Å². The van der Waals surface area contributed by atoms with Crippen LogP contribution in [0.1, 0.15) is 38.3 Å². The molecule has 96 valence electrons. The van der Waals surface area contributed by atoms with Crippen LogP contribution in [-0.4, -0.2) is 0 Å². The van der Waals surface area contributed by atoms with E-state index in [4.69, 9.17) is 0 Å². The van der Waals surface area contributed by atoms with E-state index in [2.05, 4.69) is 63.8 Å². The first-order chi connectivity index (χ1) is 8.71. The molecule has 0 aromatic heterocycles. The third kappa shape index (κ3) is 4.37. The zero-order chi connectivity index (χ0) is 13.4. The third-order valence-electron chi connectivity index (χ3n) is 3.29. The molecule has 0 aliphatic heterocycles. The topological polar surface area (TPSA) is 0 Å². The van der Waals surface area contributed by atoms with Crippen LogP contribution in [0.4, 0.5) is 0 Å². The van der Waals surface area contributed by atoms with Crippen molar-refractivity contribution >= 4 is 0 Å². The van der Waals surface area contributed by atoms with Crippen molar-refractivity contribution in [2.45, 2.75) is 40.0 Å². The van der Waals surface area contributed by atoms with Crippen LogP contribution in [0.2, 0.25) is 0 Å². The smallest absolute Gasteiger partial charge is 0.0236 e. The average molecular weight is 240 g/mol. The number of hydrogen-bond acceptors (Lipinski definition) is 0. The van der Waals surface area contributed by atoms with Crippen molar-refractivity contribution in [3.63, 3.8) is 0 Å². The second kappa shape index (κ2) is 7.71. The molecule has 0 amide bonds. The minimum Gasteiger partial charge on any atom is -0.0988 e. The Balaban J connectivity index is 2.70. The molecule has 0 atom stereocenters. The average Bonchev–Trinajstić information content (AvgIpc) is 2.43. The standard InChI is InChI=1S/C18H24/c1-5-8-18(15(4)6-2)14-13-17-11-9-16(7-3)10-12-17/h5-6,8-12H,2,7,13-14H2,1,3-4H3/b8-5-,18-15+. The molecule has 0 heterocycles. The van der Waals surface area contributed by atoms with E-state index >= 15 is 0 Å². The van der Waals surface area contributed by atoms with Gasteiger partial charge in [0.2, 0.25) is 0 Å². The van der Waals surface area contributed by atoms with Crippen LogP contribution >= 0.6 is 0 Å². The summed E-state index contributed by atoms with van der Waals surface area (Å²) in [5.41, 5.74) is 5.47. The highest BCUT2D eigenvalue weighted by Crippen LogP contribution is 2.16. The zero-order valence-electron chi connectivity index (χ0n) is 11.9. The summed E-state index contributed by atoms with van der Waals surface area (Å²) < 4.78 is 0. The number of hydrogen-bond donors (Lipinski definition) is 0. The lowest BCUT2D eigenvalue weighted by molar-refractivity contribution is 0.951. The van der Waals surface area contributed by atoms with Crippen LogP contribution < -0.4 is 0 Å². The quantitative estimate of drug-likeness (QED) is 0.595. The van der Waals surface area contributed by atoms with Gasteiger partial charge in [0.1, 0.15) is 0 Å². The number of benzene rings is 1. The van der Waals surface area contributed by atoms with Crippen LogP contribution in [-0.2, 0) is 12.8 Å². The van der Waals surface area contributed by atoms with Gasteiger partial charge in [0, 0.05) is 0 Å². The maximum absolute atomic E-state index is 3.85. The molecule has 1 aromatic carbocycles. The first-order valence-electron chi connectivity index (χ1n) is 6.74. The van der Waals surface area contributed by atoms with Crippen LogP contribution in [0.25, 0.3) is 0 Å². The predicted molar refractivity (Wildman–Crippen MR) is 81.9 cm³/mol. The molecule has 0 aliphatic carbocycles. The zero-order valence-corrected chi connectivity index (χ0v) is 11.9. The molecular weight excluding hydrogens is 216 g/mol. The molecule has 0 saturated carbocycles. The molecule has 0 unspecified atom stereocenters. The molecule has 0 saturated heterocycles. The highest BCUT2D eigenvalue weighted by Gasteiger charge is 1.99. The van der Waals surface area contributed by atoms with Crippen LogP contribution in [0.5, 0.6) is 0 Å². The Kier molecular flexibility index (Phi) is 6.21. The summed E-state index contributed by atoms with van der Waals surface area (Å²) >= 11 is 0. The van der Waals surface area contributed by atoms with E-state index in [0.29, 0.717) is 0 Å². The summed E-state index contributed by atoms with van der Waals surface area (Å²) in [5.74, 6) is 0. The largest absolute Gasteiger partial charge is 0.0988 e. The summed E-state index contributed by atoms with van der Waals surface area (Å²) in [6.45, 7) is 10.2. The first kappa shape index (κ1) is 14.5. The minimum atomic E-state index is 1.08. The molecule has 18 heavy (non-hydrogen) atoms. The highest BCUT2D eigenvalue weighted by atomic mass is 14.0. The molecular formula is C18H24. The normalized spacial score (nSPS) is 12.6. The Morgan fingerprint density at radius 1 is 1.17 bits per heavy atom. The summed E-state index contributed by atoms with van der Waals surface area (Å²) in [6, 6.07) is 8.95. The fourth-order valence-electron chi connectivity index (χ4n) is 1.96. The van der Waals surface area contributed by atoms with Crippen molar-refractivity contribution in [1.29, 1.82) is 0 Å². The maximum Gasteiger partial charge on any atom is -0.0236 e. The van der Waals surface area contributed by atoms with Crippen molar-refractivity contribution in [2.75, 3.05) is 0 Å². The molecule has 0 nitrogen and oxygen atoms in total. The fraction of sp³-hybridized carbons (Fsp3) is 0.333. The second-order valence-corrected chi connectivity index (χ2v) is 4.58. The van der Waals surface area contributed by atoms with E-state index in [1.165, 1.54) is 22.3 Å². The van der Waals surface area contributed by atoms with Crippen LogP contribution in [0, 0.1) is 0 Å². The summed E-state index contributed by atoms with van der Waals surface area (Å²) in [4.78, 5) is 0. The lowest BCUT2D eigenvalue weighted by atomic mass is 9.99. The number of aryl methyl sites for hydroxylation is 2. The van der Waals surface area contributed by atoms with E-state index < -0.39 is 0 Å². The van der Waals surface area contributed by atoms with Gasteiger partial charge in [-0.2, -0.15) is 0 Å². The van der Waals surface area contributed by atoms with Gasteiger partial charge in [-0.3, -0.25) is 0 Å². The Morgan fingerprint density at radius 2 is 1.78 bits per heavy atom. The molecule has 0 heteroatoms. The van der Waals surface area contributed by atoms with E-state index in [9.17, 15) is 0 Å². The van der Waals surface area contributed by atoms with E-state index in [1.807, 2.05) is 6.08 Å². The molecule has 0 radical (unpaired) electrons. The van der Waals surface area contributed by atoms with Gasteiger partial charge in [0.15, 0.2) is 0 Å². The second-order valence-electron chi connectivity index (χ2n) is 4.58. The molecule has 1 rings (SSSR count). The Bertz CT molecular complexity index is 430. The third-order valence-corrected chi connectivity index (χ3v) is 3.29. The van der Waals surface area contributed by atoms with Gasteiger partial charge < -0.3 is 0 Å². The van der Waals surface area contributed by atoms with Crippen molar-refractivity contribution in [3.8, 4) is 0 Å². The number of rotatable bonds is 6. The monoisotopic (exact) mass is 240 g/mol. The summed E-state index contributed by atoms with van der Waals surface area (Å²) in [7, 11) is 0. The van der Waals surface area contributed by atoms with Crippen molar-refractivity contribution in [1.82, 2.24) is 0 Å². The van der Waals surface area contributed by atoms with E-state index in [0.717, 1.165) is 19.3 Å². The SMILES string of the molecule is C=C/C(C)=C(\C=C/C)CCc1ccc(CC)cc1. The minimum absolute atomic E-state index is 1.08. The van der Waals surface area contributed by atoms with Gasteiger partial charge in [-0.05, 0) is 55.4 Å². The van der Waals surface area contributed by atoms with Crippen molar-refractivity contribution in [2.24, 2.45) is 0 Å². The highest BCUT2D eigenvalue weighted by molar-refractivity contribution is 5.32. The molecule has 1 aromatic rings. The first-order valence-corrected chi connectivity index (χ1v) is 6.74. The van der Waals surface area contributed by atoms with Crippen LogP contribution in [0.3, 0.4) is 0 Å². The molecule has 0 N–H and O–H groups in total. The summed E-state index contributed by atoms with van der Waals surface area (Å²) in [5, 5.41) is 0. The van der Waals surface area contributed by atoms with Crippen LogP contribution in [0.15, 0.2) is 60.2 Å². The van der Waals surface area contributed by atoms with Crippen molar-refractivity contribution in [3.05, 3.63) is 71.3 Å². The fourth-order valence-corrected chi connectivity index (χ4v) is 1.96. The van der Waals surface area contributed by atoms with E-state index in [-0.39, 0.29) is 0 Å². The Labute approximate surface area is 112 Å². The molecule has 0 fully saturated rings.